The van der Waals surface area contributed by atoms with Crippen LogP contribution in [0.3, 0.4) is 0 Å². The van der Waals surface area contributed by atoms with Crippen LogP contribution in [0.4, 0.5) is 27.8 Å². The number of nitrogens with zero attached hydrogens (tertiary/aromatic N) is 4. The fraction of sp³-hybridized carbons (Fsp3) is 0.143. The van der Waals surface area contributed by atoms with Crippen molar-refractivity contribution in [3.8, 4) is 0 Å². The molecule has 0 saturated carbocycles. The molecular formula is C21H20FN7O. The molecule has 1 atom stereocenters. The first-order valence-corrected chi connectivity index (χ1v) is 9.32. The van der Waals surface area contributed by atoms with Crippen LogP contribution < -0.4 is 16.4 Å². The number of nitrogens with two attached hydrogens (primary N) is 1. The molecule has 4 aromatic rings. The van der Waals surface area contributed by atoms with Gasteiger partial charge in [-0.1, -0.05) is 19.1 Å². The molecule has 4 rings (SSSR count). The second-order valence-electron chi connectivity index (χ2n) is 6.61. The van der Waals surface area contributed by atoms with Gasteiger partial charge in [0, 0.05) is 23.9 Å². The van der Waals surface area contributed by atoms with Crippen molar-refractivity contribution in [2.75, 3.05) is 16.4 Å². The number of rotatable bonds is 7. The lowest BCUT2D eigenvalue weighted by Gasteiger charge is -2.21. The minimum Gasteiger partial charge on any atom is -0.467 e. The highest BCUT2D eigenvalue weighted by Crippen LogP contribution is 2.36. The summed E-state index contributed by atoms with van der Waals surface area (Å²) >= 11 is 0. The number of hydrogen-bond donors (Lipinski definition) is 3. The van der Waals surface area contributed by atoms with Crippen molar-refractivity contribution in [2.24, 2.45) is 0 Å². The molecule has 1 unspecified atom stereocenters. The third-order valence-corrected chi connectivity index (χ3v) is 4.59. The lowest BCUT2D eigenvalue weighted by atomic mass is 9.93. The Balaban J connectivity index is 1.76. The SMILES string of the molecule is CC(c1ccc(F)cc1)c1c(NCc2ccco2)nc(N)nc1Nc1cnccn1. The Morgan fingerprint density at radius 1 is 1.10 bits per heavy atom. The van der Waals surface area contributed by atoms with E-state index in [0.29, 0.717) is 24.0 Å². The van der Waals surface area contributed by atoms with Gasteiger partial charge in [0.15, 0.2) is 0 Å². The predicted octanol–water partition coefficient (Wildman–Crippen LogP) is 4.09. The highest BCUT2D eigenvalue weighted by Gasteiger charge is 2.22. The van der Waals surface area contributed by atoms with E-state index in [1.807, 2.05) is 19.1 Å². The van der Waals surface area contributed by atoms with E-state index in [9.17, 15) is 4.39 Å². The van der Waals surface area contributed by atoms with Crippen LogP contribution in [0.1, 0.15) is 29.7 Å². The second-order valence-corrected chi connectivity index (χ2v) is 6.61. The molecule has 8 nitrogen and oxygen atoms in total. The summed E-state index contributed by atoms with van der Waals surface area (Å²) in [6.07, 6.45) is 6.35. The molecule has 0 radical (unpaired) electrons. The molecule has 152 valence electrons. The van der Waals surface area contributed by atoms with Gasteiger partial charge in [0.05, 0.1) is 19.0 Å². The minimum atomic E-state index is -0.298. The molecule has 30 heavy (non-hydrogen) atoms. The van der Waals surface area contributed by atoms with Crippen molar-refractivity contribution in [1.82, 2.24) is 19.9 Å². The molecule has 0 aliphatic heterocycles. The van der Waals surface area contributed by atoms with Gasteiger partial charge in [0.1, 0.15) is 29.0 Å². The number of hydrogen-bond acceptors (Lipinski definition) is 8. The molecule has 1 aromatic carbocycles. The Hall–Kier alpha value is -4.01. The summed E-state index contributed by atoms with van der Waals surface area (Å²) in [6, 6.07) is 10.00. The maximum atomic E-state index is 13.4. The third-order valence-electron chi connectivity index (χ3n) is 4.59. The van der Waals surface area contributed by atoms with Crippen LogP contribution in [-0.2, 0) is 6.54 Å². The first-order chi connectivity index (χ1) is 14.6. The van der Waals surface area contributed by atoms with Crippen molar-refractivity contribution in [2.45, 2.75) is 19.4 Å². The van der Waals surface area contributed by atoms with E-state index in [1.54, 1.807) is 37.0 Å². The van der Waals surface area contributed by atoms with Gasteiger partial charge in [-0.05, 0) is 29.8 Å². The standard InChI is InChI=1S/C21H20FN7O/c1-13(14-4-6-15(22)7-5-14)18-19(26-11-16-3-2-10-30-16)28-21(23)29-20(18)27-17-12-24-8-9-25-17/h2-10,12-13H,11H2,1H3,(H4,23,25,26,27,28,29). The molecule has 0 aliphatic rings. The first-order valence-electron chi connectivity index (χ1n) is 9.32. The monoisotopic (exact) mass is 405 g/mol. The summed E-state index contributed by atoms with van der Waals surface area (Å²) in [4.78, 5) is 17.1. The van der Waals surface area contributed by atoms with Gasteiger partial charge in [-0.2, -0.15) is 9.97 Å². The van der Waals surface area contributed by atoms with Crippen LogP contribution in [0.15, 0.2) is 65.7 Å². The van der Waals surface area contributed by atoms with Crippen LogP contribution in [-0.4, -0.2) is 19.9 Å². The molecule has 0 bridgehead atoms. The number of aromatic nitrogens is 4. The molecular weight excluding hydrogens is 385 g/mol. The fourth-order valence-electron chi connectivity index (χ4n) is 3.11. The van der Waals surface area contributed by atoms with Crippen molar-refractivity contribution >= 4 is 23.4 Å². The van der Waals surface area contributed by atoms with E-state index in [-0.39, 0.29) is 17.7 Å². The zero-order valence-electron chi connectivity index (χ0n) is 16.2. The maximum absolute atomic E-state index is 13.4. The third kappa shape index (κ3) is 4.35. The number of nitrogen functional groups attached to an aromatic ring is 1. The summed E-state index contributed by atoms with van der Waals surface area (Å²) in [6.45, 7) is 2.40. The quantitative estimate of drug-likeness (QED) is 0.421. The van der Waals surface area contributed by atoms with Crippen LogP contribution in [0, 0.1) is 5.82 Å². The number of furan rings is 1. The average molecular weight is 405 g/mol. The summed E-state index contributed by atoms with van der Waals surface area (Å²) < 4.78 is 18.8. The van der Waals surface area contributed by atoms with E-state index in [0.717, 1.165) is 16.9 Å². The summed E-state index contributed by atoms with van der Waals surface area (Å²) in [5.41, 5.74) is 7.63. The normalized spacial score (nSPS) is 11.8. The van der Waals surface area contributed by atoms with Crippen molar-refractivity contribution in [1.29, 1.82) is 0 Å². The summed E-state index contributed by atoms with van der Waals surface area (Å²) in [5.74, 6) is 1.91. The van der Waals surface area contributed by atoms with Crippen LogP contribution in [0.2, 0.25) is 0 Å². The van der Waals surface area contributed by atoms with E-state index < -0.39 is 0 Å². The molecule has 0 fully saturated rings. The highest BCUT2D eigenvalue weighted by molar-refractivity contribution is 5.67. The summed E-state index contributed by atoms with van der Waals surface area (Å²) in [7, 11) is 0. The van der Waals surface area contributed by atoms with Gasteiger partial charge < -0.3 is 20.8 Å². The van der Waals surface area contributed by atoms with Crippen LogP contribution in [0.25, 0.3) is 0 Å². The Morgan fingerprint density at radius 3 is 2.60 bits per heavy atom. The van der Waals surface area contributed by atoms with E-state index >= 15 is 0 Å². The number of halogens is 1. The molecule has 0 amide bonds. The number of anilines is 4. The Labute approximate surface area is 172 Å². The predicted molar refractivity (Wildman–Crippen MR) is 112 cm³/mol. The van der Waals surface area contributed by atoms with Crippen molar-refractivity contribution < 1.29 is 8.81 Å². The first kappa shape index (κ1) is 19.3. The Morgan fingerprint density at radius 2 is 1.90 bits per heavy atom. The molecule has 3 aromatic heterocycles. The van der Waals surface area contributed by atoms with Gasteiger partial charge in [-0.3, -0.25) is 4.98 Å². The second kappa shape index (κ2) is 8.56. The largest absolute Gasteiger partial charge is 0.467 e. The van der Waals surface area contributed by atoms with E-state index in [1.165, 1.54) is 12.1 Å². The number of benzene rings is 1. The van der Waals surface area contributed by atoms with Gasteiger partial charge >= 0.3 is 0 Å². The molecule has 0 spiro atoms. The van der Waals surface area contributed by atoms with E-state index in [4.69, 9.17) is 10.2 Å². The average Bonchev–Trinajstić information content (AvgIpc) is 3.26. The Kier molecular flexibility index (Phi) is 5.51. The van der Waals surface area contributed by atoms with Gasteiger partial charge in [-0.25, -0.2) is 9.37 Å². The number of nitrogens with one attached hydrogen (secondary N) is 2. The fourth-order valence-corrected chi connectivity index (χ4v) is 3.11. The molecule has 0 aliphatic carbocycles. The van der Waals surface area contributed by atoms with Gasteiger partial charge in [0.2, 0.25) is 5.95 Å². The highest BCUT2D eigenvalue weighted by atomic mass is 19.1. The van der Waals surface area contributed by atoms with Crippen LogP contribution in [0.5, 0.6) is 0 Å². The Bertz CT molecular complexity index is 1100. The zero-order valence-corrected chi connectivity index (χ0v) is 16.2. The van der Waals surface area contributed by atoms with Gasteiger partial charge in [-0.15, -0.1) is 0 Å². The molecule has 0 saturated heterocycles. The molecule has 3 heterocycles. The van der Waals surface area contributed by atoms with Crippen molar-refractivity contribution in [3.05, 3.63) is 84.0 Å². The van der Waals surface area contributed by atoms with Crippen molar-refractivity contribution in [3.63, 3.8) is 0 Å². The lowest BCUT2D eigenvalue weighted by molar-refractivity contribution is 0.517. The van der Waals surface area contributed by atoms with Gasteiger partial charge in [0.25, 0.3) is 0 Å². The topological polar surface area (TPSA) is 115 Å². The molecule has 4 N–H and O–H groups in total. The lowest BCUT2D eigenvalue weighted by Crippen LogP contribution is -2.14. The van der Waals surface area contributed by atoms with Crippen LogP contribution >= 0.6 is 0 Å². The van der Waals surface area contributed by atoms with E-state index in [2.05, 4.69) is 30.6 Å². The smallest absolute Gasteiger partial charge is 0.223 e. The minimum absolute atomic E-state index is 0.0957. The maximum Gasteiger partial charge on any atom is 0.223 e. The zero-order chi connectivity index (χ0) is 20.9. The summed E-state index contributed by atoms with van der Waals surface area (Å²) in [5, 5.41) is 6.44. The molecule has 9 heteroatoms.